The van der Waals surface area contributed by atoms with E-state index in [9.17, 15) is 0 Å². The molecular formula is C23H37N5O. The molecule has 2 N–H and O–H groups in total. The first-order valence-corrected chi connectivity index (χ1v) is 11.0. The first-order chi connectivity index (χ1) is 14.2. The number of rotatable bonds is 8. The van der Waals surface area contributed by atoms with Crippen molar-refractivity contribution in [1.29, 1.82) is 0 Å². The molecule has 0 saturated carbocycles. The van der Waals surface area contributed by atoms with Gasteiger partial charge >= 0.3 is 0 Å². The number of aliphatic imine (C=N–C) groups is 1. The molecule has 160 valence electrons. The summed E-state index contributed by atoms with van der Waals surface area (Å²) in [5.74, 6) is 1.47. The zero-order chi connectivity index (χ0) is 20.5. The predicted octanol–water partition coefficient (Wildman–Crippen LogP) is 2.47. The molecule has 1 atom stereocenters. The lowest BCUT2D eigenvalue weighted by molar-refractivity contribution is 0.00752. The van der Waals surface area contributed by atoms with Crippen molar-refractivity contribution in [3.05, 3.63) is 42.0 Å². The van der Waals surface area contributed by atoms with E-state index >= 15 is 0 Å². The van der Waals surface area contributed by atoms with Crippen LogP contribution in [-0.4, -0.2) is 69.4 Å². The number of guanidine groups is 1. The molecule has 0 radical (unpaired) electrons. The zero-order valence-corrected chi connectivity index (χ0v) is 18.2. The van der Waals surface area contributed by atoms with Crippen molar-refractivity contribution in [2.45, 2.75) is 33.4 Å². The number of ether oxygens (including phenoxy) is 1. The van der Waals surface area contributed by atoms with Gasteiger partial charge in [0.25, 0.3) is 0 Å². The third-order valence-corrected chi connectivity index (χ3v) is 5.65. The van der Waals surface area contributed by atoms with Crippen LogP contribution in [0, 0.1) is 5.92 Å². The van der Waals surface area contributed by atoms with Gasteiger partial charge in [0.1, 0.15) is 0 Å². The van der Waals surface area contributed by atoms with Crippen LogP contribution >= 0.6 is 0 Å². The van der Waals surface area contributed by atoms with Crippen molar-refractivity contribution in [3.63, 3.8) is 0 Å². The van der Waals surface area contributed by atoms with Gasteiger partial charge in [-0.05, 0) is 30.5 Å². The maximum absolute atomic E-state index is 5.52. The summed E-state index contributed by atoms with van der Waals surface area (Å²) in [5.41, 5.74) is 2.50. The lowest BCUT2D eigenvalue weighted by atomic mass is 10.0. The Morgan fingerprint density at radius 3 is 2.38 bits per heavy atom. The molecule has 0 spiro atoms. The summed E-state index contributed by atoms with van der Waals surface area (Å²) in [6, 6.07) is 9.25. The number of nitrogens with zero attached hydrogens (tertiary/aromatic N) is 3. The molecule has 0 bridgehead atoms. The normalized spacial score (nSPS) is 19.0. The first kappa shape index (κ1) is 21.7. The van der Waals surface area contributed by atoms with E-state index in [0.717, 1.165) is 58.4 Å². The van der Waals surface area contributed by atoms with Crippen molar-refractivity contribution < 1.29 is 4.74 Å². The Balaban J connectivity index is 1.55. The van der Waals surface area contributed by atoms with Crippen LogP contribution in [0.15, 0.2) is 41.4 Å². The minimum atomic E-state index is 0.483. The molecule has 6 nitrogen and oxygen atoms in total. The Morgan fingerprint density at radius 1 is 1.07 bits per heavy atom. The molecule has 2 aliphatic heterocycles. The Morgan fingerprint density at radius 2 is 1.76 bits per heavy atom. The fourth-order valence-electron chi connectivity index (χ4n) is 3.91. The van der Waals surface area contributed by atoms with E-state index in [1.807, 2.05) is 0 Å². The van der Waals surface area contributed by atoms with E-state index < -0.39 is 0 Å². The van der Waals surface area contributed by atoms with Gasteiger partial charge in [0.15, 0.2) is 5.96 Å². The average Bonchev–Trinajstić information content (AvgIpc) is 3.28. The van der Waals surface area contributed by atoms with Gasteiger partial charge in [-0.1, -0.05) is 38.1 Å². The molecule has 1 unspecified atom stereocenters. The Bertz CT molecular complexity index is 656. The van der Waals surface area contributed by atoms with E-state index in [1.54, 1.807) is 0 Å². The molecule has 1 aromatic rings. The predicted molar refractivity (Wildman–Crippen MR) is 122 cm³/mol. The van der Waals surface area contributed by atoms with Crippen LogP contribution in [-0.2, 0) is 11.3 Å². The number of hydrogen-bond acceptors (Lipinski definition) is 4. The number of benzene rings is 1. The molecule has 2 aliphatic rings. The zero-order valence-electron chi connectivity index (χ0n) is 18.2. The topological polar surface area (TPSA) is 52.1 Å². The van der Waals surface area contributed by atoms with E-state index in [0.29, 0.717) is 18.5 Å². The van der Waals surface area contributed by atoms with E-state index in [-0.39, 0.29) is 0 Å². The van der Waals surface area contributed by atoms with Gasteiger partial charge in [-0.15, -0.1) is 0 Å². The maximum Gasteiger partial charge on any atom is 0.191 e. The molecule has 29 heavy (non-hydrogen) atoms. The molecule has 0 amide bonds. The van der Waals surface area contributed by atoms with Crippen molar-refractivity contribution in [2.75, 3.05) is 57.4 Å². The fraction of sp³-hybridized carbons (Fsp3) is 0.609. The van der Waals surface area contributed by atoms with Crippen molar-refractivity contribution >= 4 is 11.6 Å². The SMILES string of the molecule is CCNC(=NCc1ccc(N2CC=CC2)cc1)NCC(C(C)C)N1CCOCC1. The van der Waals surface area contributed by atoms with Crippen LogP contribution in [0.4, 0.5) is 5.69 Å². The molecular weight excluding hydrogens is 362 g/mol. The van der Waals surface area contributed by atoms with Crippen molar-refractivity contribution in [3.8, 4) is 0 Å². The molecule has 0 aromatic heterocycles. The Labute approximate surface area is 176 Å². The summed E-state index contributed by atoms with van der Waals surface area (Å²) in [6.07, 6.45) is 4.43. The van der Waals surface area contributed by atoms with Gasteiger partial charge in [0.2, 0.25) is 0 Å². The van der Waals surface area contributed by atoms with Gasteiger partial charge in [0.05, 0.1) is 19.8 Å². The Hall–Kier alpha value is -2.05. The van der Waals surface area contributed by atoms with Crippen molar-refractivity contribution in [1.82, 2.24) is 15.5 Å². The van der Waals surface area contributed by atoms with Gasteiger partial charge in [-0.2, -0.15) is 0 Å². The number of nitrogens with one attached hydrogen (secondary N) is 2. The highest BCUT2D eigenvalue weighted by Crippen LogP contribution is 2.18. The van der Waals surface area contributed by atoms with E-state index in [2.05, 4.69) is 77.6 Å². The summed E-state index contributed by atoms with van der Waals surface area (Å²) in [6.45, 7) is 14.8. The highest BCUT2D eigenvalue weighted by molar-refractivity contribution is 5.79. The van der Waals surface area contributed by atoms with Crippen LogP contribution in [0.5, 0.6) is 0 Å². The van der Waals surface area contributed by atoms with E-state index in [1.165, 1.54) is 11.3 Å². The molecule has 1 aromatic carbocycles. The second kappa shape index (κ2) is 11.2. The highest BCUT2D eigenvalue weighted by atomic mass is 16.5. The molecule has 1 saturated heterocycles. The second-order valence-corrected chi connectivity index (χ2v) is 8.08. The summed E-state index contributed by atoms with van der Waals surface area (Å²) < 4.78 is 5.52. The van der Waals surface area contributed by atoms with Gasteiger partial charge in [-0.3, -0.25) is 4.90 Å². The van der Waals surface area contributed by atoms with Crippen LogP contribution in [0.3, 0.4) is 0 Å². The Kier molecular flexibility index (Phi) is 8.38. The van der Waals surface area contributed by atoms with Gasteiger partial charge in [0, 0.05) is 51.0 Å². The van der Waals surface area contributed by atoms with Gasteiger partial charge in [-0.25, -0.2) is 4.99 Å². The number of morpholine rings is 1. The smallest absolute Gasteiger partial charge is 0.191 e. The lowest BCUT2D eigenvalue weighted by Crippen LogP contribution is -2.52. The molecule has 6 heteroatoms. The molecule has 0 aliphatic carbocycles. The number of anilines is 1. The second-order valence-electron chi connectivity index (χ2n) is 8.08. The maximum atomic E-state index is 5.52. The monoisotopic (exact) mass is 399 g/mol. The van der Waals surface area contributed by atoms with Crippen LogP contribution in [0.25, 0.3) is 0 Å². The van der Waals surface area contributed by atoms with Crippen LogP contribution < -0.4 is 15.5 Å². The third-order valence-electron chi connectivity index (χ3n) is 5.65. The first-order valence-electron chi connectivity index (χ1n) is 11.0. The summed E-state index contributed by atoms with van der Waals surface area (Å²) >= 11 is 0. The molecule has 3 rings (SSSR count). The summed E-state index contributed by atoms with van der Waals surface area (Å²) in [7, 11) is 0. The minimum absolute atomic E-state index is 0.483. The fourth-order valence-corrected chi connectivity index (χ4v) is 3.91. The largest absolute Gasteiger partial charge is 0.379 e. The average molecular weight is 400 g/mol. The summed E-state index contributed by atoms with van der Waals surface area (Å²) in [5, 5.41) is 6.95. The van der Waals surface area contributed by atoms with E-state index in [4.69, 9.17) is 9.73 Å². The minimum Gasteiger partial charge on any atom is -0.379 e. The highest BCUT2D eigenvalue weighted by Gasteiger charge is 2.23. The van der Waals surface area contributed by atoms with Crippen molar-refractivity contribution in [2.24, 2.45) is 10.9 Å². The lowest BCUT2D eigenvalue weighted by Gasteiger charge is -2.37. The quantitative estimate of drug-likeness (QED) is 0.400. The van der Waals surface area contributed by atoms with Gasteiger partial charge < -0.3 is 20.3 Å². The standard InChI is InChI=1S/C23H37N5O/c1-4-24-23(26-18-22(19(2)3)28-13-15-29-16-14-28)25-17-20-7-9-21(10-8-20)27-11-5-6-12-27/h5-10,19,22H,4,11-18H2,1-3H3,(H2,24,25,26). The van der Waals surface area contributed by atoms with Crippen LogP contribution in [0.2, 0.25) is 0 Å². The molecule has 2 heterocycles. The number of hydrogen-bond donors (Lipinski definition) is 2. The molecule has 1 fully saturated rings. The third kappa shape index (κ3) is 6.47. The summed E-state index contributed by atoms with van der Waals surface area (Å²) in [4.78, 5) is 9.71. The van der Waals surface area contributed by atoms with Crippen LogP contribution in [0.1, 0.15) is 26.3 Å².